The highest BCUT2D eigenvalue weighted by Gasteiger charge is 2.61. The van der Waals surface area contributed by atoms with Gasteiger partial charge in [0.15, 0.2) is 23.0 Å². The zero-order valence-corrected chi connectivity index (χ0v) is 28.0. The Kier molecular flexibility index (Phi) is 8.20. The van der Waals surface area contributed by atoms with E-state index in [0.29, 0.717) is 11.5 Å². The van der Waals surface area contributed by atoms with Crippen molar-refractivity contribution in [2.24, 2.45) is 23.2 Å². The van der Waals surface area contributed by atoms with E-state index >= 15 is 0 Å². The topological polar surface area (TPSA) is 118 Å². The van der Waals surface area contributed by atoms with Gasteiger partial charge in [-0.25, -0.2) is 0 Å². The van der Waals surface area contributed by atoms with Gasteiger partial charge >= 0.3 is 0 Å². The summed E-state index contributed by atoms with van der Waals surface area (Å²) < 4.78 is 25.0. The monoisotopic (exact) mass is 652 g/mol. The van der Waals surface area contributed by atoms with Gasteiger partial charge in [0.1, 0.15) is 11.5 Å². The lowest BCUT2D eigenvalue weighted by molar-refractivity contribution is -0.0247. The molecule has 8 heteroatoms. The maximum absolute atomic E-state index is 10.9. The van der Waals surface area contributed by atoms with Crippen LogP contribution >= 0.6 is 0 Å². The Hall–Kier alpha value is -4.40. The Morgan fingerprint density at radius 1 is 0.604 bits per heavy atom. The van der Waals surface area contributed by atoms with Crippen molar-refractivity contribution in [3.63, 3.8) is 0 Å². The summed E-state index contributed by atoms with van der Waals surface area (Å²) in [5, 5.41) is 42.0. The van der Waals surface area contributed by atoms with Crippen molar-refractivity contribution in [2.45, 2.75) is 64.4 Å². The van der Waals surface area contributed by atoms with Gasteiger partial charge < -0.3 is 39.4 Å². The lowest BCUT2D eigenvalue weighted by Gasteiger charge is -2.47. The van der Waals surface area contributed by atoms with Gasteiger partial charge in [0.25, 0.3) is 0 Å². The molecule has 4 N–H and O–H groups in total. The minimum Gasteiger partial charge on any atom is -0.508 e. The van der Waals surface area contributed by atoms with Crippen LogP contribution in [0.2, 0.25) is 0 Å². The molecule has 0 radical (unpaired) electrons. The SMILES string of the molecule is COc1ccc([C@@H]2O[C@H](c3ccc(O)c(C)c3)C(C)[C@@]23CCC2C(C3)[C@@H](c3ccc(O)c(OC)c3)O[C@H]2c2ccc(O)c(C)c2)cc1O. The van der Waals surface area contributed by atoms with E-state index in [4.69, 9.17) is 18.9 Å². The van der Waals surface area contributed by atoms with Gasteiger partial charge in [-0.3, -0.25) is 0 Å². The van der Waals surface area contributed by atoms with E-state index < -0.39 is 0 Å². The van der Waals surface area contributed by atoms with Crippen molar-refractivity contribution in [3.05, 3.63) is 106 Å². The fourth-order valence-corrected chi connectivity index (χ4v) is 8.88. The zero-order valence-electron chi connectivity index (χ0n) is 28.0. The maximum Gasteiger partial charge on any atom is 0.160 e. The second-order valence-electron chi connectivity index (χ2n) is 14.0. The molecule has 7 rings (SSSR count). The molecule has 1 spiro atoms. The molecule has 3 aliphatic rings. The van der Waals surface area contributed by atoms with E-state index in [1.165, 1.54) is 0 Å². The van der Waals surface area contributed by atoms with Gasteiger partial charge in [-0.2, -0.15) is 0 Å². The van der Waals surface area contributed by atoms with Crippen molar-refractivity contribution in [1.29, 1.82) is 0 Å². The Bertz CT molecular complexity index is 1840. The largest absolute Gasteiger partial charge is 0.508 e. The summed E-state index contributed by atoms with van der Waals surface area (Å²) in [6.45, 7) is 6.07. The number of fused-ring (bicyclic) bond motifs is 1. The van der Waals surface area contributed by atoms with Crippen LogP contribution in [0.5, 0.6) is 34.5 Å². The van der Waals surface area contributed by atoms with Crippen LogP contribution in [-0.4, -0.2) is 34.6 Å². The first-order valence-corrected chi connectivity index (χ1v) is 16.7. The van der Waals surface area contributed by atoms with Crippen LogP contribution in [0.3, 0.4) is 0 Å². The predicted octanol–water partition coefficient (Wildman–Crippen LogP) is 8.51. The molecule has 0 bridgehead atoms. The number of benzene rings is 4. The Morgan fingerprint density at radius 3 is 1.77 bits per heavy atom. The summed E-state index contributed by atoms with van der Waals surface area (Å²) in [4.78, 5) is 0. The third kappa shape index (κ3) is 5.22. The molecule has 2 heterocycles. The number of phenolic OH excluding ortho intramolecular Hbond substituents is 4. The summed E-state index contributed by atoms with van der Waals surface area (Å²) in [6.07, 6.45) is 1.53. The standard InChI is InChI=1S/C40H44O8/c1-21-16-24(6-10-30(21)41)36-23(3)40(39(48-36)27-9-13-34(45-4)33(44)18-27)15-14-28-29(20-40)38(26-8-12-32(43)35(19-26)46-5)47-37(28)25-7-11-31(42)22(2)17-25/h6-13,16-19,23,28-29,36-39,41-44H,14-15,20H2,1-5H3/t23?,28?,29?,36-,37-,38+,39-,40-/m0/s1. The number of aryl methyl sites for hydroxylation is 2. The maximum atomic E-state index is 10.9. The van der Waals surface area contributed by atoms with E-state index in [1.807, 2.05) is 56.3 Å². The average Bonchev–Trinajstić information content (AvgIpc) is 3.59. The van der Waals surface area contributed by atoms with E-state index in [9.17, 15) is 20.4 Å². The summed E-state index contributed by atoms with van der Waals surface area (Å²) in [7, 11) is 3.09. The molecule has 0 amide bonds. The number of aromatic hydroxyl groups is 4. The summed E-state index contributed by atoms with van der Waals surface area (Å²) in [6, 6.07) is 22.4. The lowest BCUT2D eigenvalue weighted by atomic mass is 9.55. The van der Waals surface area contributed by atoms with Crippen LogP contribution in [0.4, 0.5) is 0 Å². The van der Waals surface area contributed by atoms with Crippen molar-refractivity contribution in [2.75, 3.05) is 14.2 Å². The summed E-state index contributed by atoms with van der Waals surface area (Å²) in [5.41, 5.74) is 5.16. The molecule has 2 aliphatic heterocycles. The number of rotatable bonds is 6. The van der Waals surface area contributed by atoms with E-state index in [2.05, 4.69) is 6.92 Å². The third-order valence-electron chi connectivity index (χ3n) is 11.5. The first-order chi connectivity index (χ1) is 23.0. The van der Waals surface area contributed by atoms with Gasteiger partial charge in [0.05, 0.1) is 38.6 Å². The van der Waals surface area contributed by atoms with Crippen LogP contribution in [0.1, 0.15) is 84.0 Å². The molecule has 252 valence electrons. The molecule has 1 saturated carbocycles. The average molecular weight is 653 g/mol. The summed E-state index contributed by atoms with van der Waals surface area (Å²) in [5.74, 6) is 1.83. The molecule has 8 atom stereocenters. The van der Waals surface area contributed by atoms with Crippen LogP contribution in [0.15, 0.2) is 72.8 Å². The molecular formula is C40H44O8. The molecule has 0 aromatic heterocycles. The highest BCUT2D eigenvalue weighted by Crippen LogP contribution is 2.69. The number of ether oxygens (including phenoxy) is 4. The van der Waals surface area contributed by atoms with Crippen molar-refractivity contribution < 1.29 is 39.4 Å². The number of methoxy groups -OCH3 is 2. The molecule has 48 heavy (non-hydrogen) atoms. The number of hydrogen-bond acceptors (Lipinski definition) is 8. The first-order valence-electron chi connectivity index (χ1n) is 16.7. The predicted molar refractivity (Wildman–Crippen MR) is 181 cm³/mol. The lowest BCUT2D eigenvalue weighted by Crippen LogP contribution is -2.40. The molecule has 2 saturated heterocycles. The van der Waals surface area contributed by atoms with Gasteiger partial charge in [0.2, 0.25) is 0 Å². The Labute approximate surface area is 281 Å². The molecule has 1 aliphatic carbocycles. The van der Waals surface area contributed by atoms with E-state index in [-0.39, 0.29) is 70.6 Å². The molecule has 4 aromatic rings. The molecule has 4 aromatic carbocycles. The third-order valence-corrected chi connectivity index (χ3v) is 11.5. The van der Waals surface area contributed by atoms with Crippen molar-refractivity contribution in [3.8, 4) is 34.5 Å². The van der Waals surface area contributed by atoms with Gasteiger partial charge in [-0.05, 0) is 133 Å². The fraction of sp³-hybridized carbons (Fsp3) is 0.400. The zero-order chi connectivity index (χ0) is 33.9. The normalized spacial score (nSPS) is 29.6. The number of hydrogen-bond donors (Lipinski definition) is 4. The van der Waals surface area contributed by atoms with Crippen LogP contribution in [-0.2, 0) is 9.47 Å². The highest BCUT2D eigenvalue weighted by molar-refractivity contribution is 5.46. The molecule has 8 nitrogen and oxygen atoms in total. The quantitative estimate of drug-likeness (QED) is 0.164. The minimum absolute atomic E-state index is 0.0695. The second kappa shape index (κ2) is 12.2. The highest BCUT2D eigenvalue weighted by atomic mass is 16.5. The van der Waals surface area contributed by atoms with E-state index in [1.54, 1.807) is 44.6 Å². The first kappa shape index (κ1) is 32.2. The fourth-order valence-electron chi connectivity index (χ4n) is 8.88. The summed E-state index contributed by atoms with van der Waals surface area (Å²) >= 11 is 0. The van der Waals surface area contributed by atoms with E-state index in [0.717, 1.165) is 52.6 Å². The molecule has 3 fully saturated rings. The Balaban J connectivity index is 1.34. The van der Waals surface area contributed by atoms with Crippen molar-refractivity contribution >= 4 is 0 Å². The van der Waals surface area contributed by atoms with Crippen LogP contribution < -0.4 is 9.47 Å². The van der Waals surface area contributed by atoms with Gasteiger partial charge in [-0.1, -0.05) is 31.2 Å². The molecular weight excluding hydrogens is 608 g/mol. The van der Waals surface area contributed by atoms with Crippen LogP contribution in [0.25, 0.3) is 0 Å². The Morgan fingerprint density at radius 2 is 1.17 bits per heavy atom. The second-order valence-corrected chi connectivity index (χ2v) is 14.0. The van der Waals surface area contributed by atoms with Crippen molar-refractivity contribution in [1.82, 2.24) is 0 Å². The minimum atomic E-state index is -0.325. The van der Waals surface area contributed by atoms with Gasteiger partial charge in [0, 0.05) is 5.41 Å². The molecule has 3 unspecified atom stereocenters. The van der Waals surface area contributed by atoms with Crippen LogP contribution in [0, 0.1) is 37.0 Å². The smallest absolute Gasteiger partial charge is 0.160 e. The van der Waals surface area contributed by atoms with Gasteiger partial charge in [-0.15, -0.1) is 0 Å². The number of phenols is 4.